The summed E-state index contributed by atoms with van der Waals surface area (Å²) in [7, 11) is 0. The van der Waals surface area contributed by atoms with Crippen LogP contribution in [-0.4, -0.2) is 23.1 Å². The van der Waals surface area contributed by atoms with Crippen LogP contribution in [0.1, 0.15) is 19.8 Å². The van der Waals surface area contributed by atoms with Crippen molar-refractivity contribution >= 4 is 11.9 Å². The van der Waals surface area contributed by atoms with Gasteiger partial charge in [-0.05, 0) is 6.42 Å². The normalized spacial score (nSPS) is 11.8. The van der Waals surface area contributed by atoms with Crippen molar-refractivity contribution in [2.45, 2.75) is 25.9 Å². The predicted octanol–water partition coefficient (Wildman–Crippen LogP) is 0.900. The second-order valence-corrected chi connectivity index (χ2v) is 2.32. The third kappa shape index (κ3) is 4.97. The summed E-state index contributed by atoms with van der Waals surface area (Å²) in [6, 6.07) is 0. The first kappa shape index (κ1) is 11.6. The van der Waals surface area contributed by atoms with E-state index in [2.05, 4.69) is 16.4 Å². The minimum Gasteiger partial charge on any atom is -0.479 e. The molecule has 0 aliphatic heterocycles. The van der Waals surface area contributed by atoms with E-state index < -0.39 is 18.0 Å². The molecule has 0 radical (unpaired) electrons. The van der Waals surface area contributed by atoms with Crippen molar-refractivity contribution in [3.05, 3.63) is 12.7 Å². The summed E-state index contributed by atoms with van der Waals surface area (Å²) < 4.78 is 0. The first-order valence-electron chi connectivity index (χ1n) is 3.84. The molecule has 1 unspecified atom stereocenters. The lowest BCUT2D eigenvalue weighted by molar-refractivity contribution is -0.291. The Hall–Kier alpha value is -1.36. The highest BCUT2D eigenvalue weighted by Gasteiger charge is 2.19. The topological polar surface area (TPSA) is 72.8 Å². The van der Waals surface area contributed by atoms with Gasteiger partial charge in [0.1, 0.15) is 0 Å². The van der Waals surface area contributed by atoms with E-state index in [9.17, 15) is 9.59 Å². The first-order chi connectivity index (χ1) is 6.11. The molecule has 0 aromatic rings. The van der Waals surface area contributed by atoms with E-state index >= 15 is 0 Å². The van der Waals surface area contributed by atoms with Crippen LogP contribution in [0.15, 0.2) is 12.7 Å². The third-order valence-electron chi connectivity index (χ3n) is 1.24. The standard InChI is InChI=1S/C8H12O5/c1-3-5-6(8(10)11)12-13-7(9)4-2/h4,6H,2-3,5H2,1H3,(H,10,11). The van der Waals surface area contributed by atoms with Gasteiger partial charge in [-0.25, -0.2) is 9.59 Å². The molecule has 0 saturated carbocycles. The van der Waals surface area contributed by atoms with Gasteiger partial charge in [0.05, 0.1) is 0 Å². The molecule has 5 nitrogen and oxygen atoms in total. The highest BCUT2D eigenvalue weighted by Crippen LogP contribution is 2.03. The fraction of sp³-hybridized carbons (Fsp3) is 0.500. The molecule has 0 aromatic heterocycles. The second-order valence-electron chi connectivity index (χ2n) is 2.32. The smallest absolute Gasteiger partial charge is 0.365 e. The Bertz CT molecular complexity index is 199. The number of carboxylic acids is 1. The van der Waals surface area contributed by atoms with Crippen molar-refractivity contribution in [2.75, 3.05) is 0 Å². The Morgan fingerprint density at radius 1 is 1.62 bits per heavy atom. The van der Waals surface area contributed by atoms with Crippen molar-refractivity contribution < 1.29 is 24.5 Å². The van der Waals surface area contributed by atoms with Gasteiger partial charge in [-0.2, -0.15) is 4.89 Å². The van der Waals surface area contributed by atoms with Crippen molar-refractivity contribution in [3.8, 4) is 0 Å². The van der Waals surface area contributed by atoms with Gasteiger partial charge in [-0.1, -0.05) is 19.9 Å². The summed E-state index contributed by atoms with van der Waals surface area (Å²) in [4.78, 5) is 29.4. The third-order valence-corrected chi connectivity index (χ3v) is 1.24. The van der Waals surface area contributed by atoms with Crippen LogP contribution in [0, 0.1) is 0 Å². The molecule has 0 aromatic carbocycles. The van der Waals surface area contributed by atoms with Crippen LogP contribution in [0.5, 0.6) is 0 Å². The van der Waals surface area contributed by atoms with Crippen molar-refractivity contribution in [1.82, 2.24) is 0 Å². The van der Waals surface area contributed by atoms with E-state index in [4.69, 9.17) is 5.11 Å². The van der Waals surface area contributed by atoms with Gasteiger partial charge in [0.25, 0.3) is 0 Å². The molecule has 0 rings (SSSR count). The van der Waals surface area contributed by atoms with Gasteiger partial charge in [-0.3, -0.25) is 4.89 Å². The van der Waals surface area contributed by atoms with Gasteiger partial charge >= 0.3 is 11.9 Å². The van der Waals surface area contributed by atoms with Crippen LogP contribution < -0.4 is 0 Å². The molecule has 13 heavy (non-hydrogen) atoms. The van der Waals surface area contributed by atoms with Crippen molar-refractivity contribution in [3.63, 3.8) is 0 Å². The minimum absolute atomic E-state index is 0.291. The average Bonchev–Trinajstić information content (AvgIpc) is 2.11. The maximum Gasteiger partial charge on any atom is 0.365 e. The summed E-state index contributed by atoms with van der Waals surface area (Å²) >= 11 is 0. The van der Waals surface area contributed by atoms with E-state index in [1.165, 1.54) is 0 Å². The van der Waals surface area contributed by atoms with Crippen LogP contribution in [0.3, 0.4) is 0 Å². The largest absolute Gasteiger partial charge is 0.479 e. The van der Waals surface area contributed by atoms with E-state index in [0.29, 0.717) is 12.8 Å². The molecule has 0 spiro atoms. The number of hydrogen-bond acceptors (Lipinski definition) is 4. The van der Waals surface area contributed by atoms with Crippen LogP contribution in [0.25, 0.3) is 0 Å². The number of aliphatic carboxylic acids is 1. The van der Waals surface area contributed by atoms with Gasteiger partial charge in [-0.15, -0.1) is 0 Å². The Morgan fingerprint density at radius 3 is 2.62 bits per heavy atom. The minimum atomic E-state index is -1.15. The van der Waals surface area contributed by atoms with E-state index in [0.717, 1.165) is 6.08 Å². The summed E-state index contributed by atoms with van der Waals surface area (Å²) in [5.41, 5.74) is 0. The first-order valence-corrected chi connectivity index (χ1v) is 3.84. The molecule has 0 amide bonds. The Labute approximate surface area is 75.9 Å². The zero-order valence-corrected chi connectivity index (χ0v) is 7.36. The molecule has 74 valence electrons. The number of hydrogen-bond donors (Lipinski definition) is 1. The van der Waals surface area contributed by atoms with Crippen LogP contribution in [0.2, 0.25) is 0 Å². The summed E-state index contributed by atoms with van der Waals surface area (Å²) in [5, 5.41) is 8.55. The molecule has 5 heteroatoms. The van der Waals surface area contributed by atoms with E-state index in [1.807, 2.05) is 0 Å². The zero-order chi connectivity index (χ0) is 10.3. The summed E-state index contributed by atoms with van der Waals surface area (Å²) in [6.45, 7) is 4.93. The number of carboxylic acid groups (broad SMARTS) is 1. The zero-order valence-electron chi connectivity index (χ0n) is 7.36. The number of carbonyl (C=O) groups excluding carboxylic acids is 1. The number of rotatable bonds is 6. The maximum atomic E-state index is 10.5. The molecule has 0 aliphatic carbocycles. The Kier molecular flexibility index (Phi) is 5.54. The van der Waals surface area contributed by atoms with Gasteiger partial charge in [0, 0.05) is 6.08 Å². The van der Waals surface area contributed by atoms with Gasteiger partial charge < -0.3 is 5.11 Å². The molecule has 0 bridgehead atoms. The average molecular weight is 188 g/mol. The van der Waals surface area contributed by atoms with Gasteiger partial charge in [0.15, 0.2) is 0 Å². The second kappa shape index (κ2) is 6.19. The van der Waals surface area contributed by atoms with Crippen LogP contribution >= 0.6 is 0 Å². The quantitative estimate of drug-likeness (QED) is 0.381. The summed E-state index contributed by atoms with van der Waals surface area (Å²) in [6.07, 6.45) is 0.710. The Morgan fingerprint density at radius 2 is 2.23 bits per heavy atom. The highest BCUT2D eigenvalue weighted by molar-refractivity contribution is 5.80. The lowest BCUT2D eigenvalue weighted by Crippen LogP contribution is -2.24. The van der Waals surface area contributed by atoms with Crippen molar-refractivity contribution in [1.29, 1.82) is 0 Å². The highest BCUT2D eigenvalue weighted by atomic mass is 17.2. The fourth-order valence-corrected chi connectivity index (χ4v) is 0.614. The van der Waals surface area contributed by atoms with Crippen molar-refractivity contribution in [2.24, 2.45) is 0 Å². The lowest BCUT2D eigenvalue weighted by Gasteiger charge is -2.09. The van der Waals surface area contributed by atoms with Crippen LogP contribution in [-0.2, 0) is 19.4 Å². The Balaban J connectivity index is 3.88. The van der Waals surface area contributed by atoms with E-state index in [1.54, 1.807) is 6.92 Å². The molecule has 0 aliphatic rings. The number of carbonyl (C=O) groups is 2. The molecule has 0 heterocycles. The van der Waals surface area contributed by atoms with Gasteiger partial charge in [0.2, 0.25) is 6.10 Å². The van der Waals surface area contributed by atoms with E-state index in [-0.39, 0.29) is 0 Å². The molecular weight excluding hydrogens is 176 g/mol. The molecule has 0 saturated heterocycles. The SMILES string of the molecule is C=CC(=O)OOC(CCC)C(=O)O. The summed E-state index contributed by atoms with van der Waals surface area (Å²) in [5.74, 6) is -1.96. The monoisotopic (exact) mass is 188 g/mol. The fourth-order valence-electron chi connectivity index (χ4n) is 0.614. The lowest BCUT2D eigenvalue weighted by atomic mass is 10.2. The molecular formula is C8H12O5. The molecule has 1 N–H and O–H groups in total. The molecule has 1 atom stereocenters. The molecule has 0 fully saturated rings. The maximum absolute atomic E-state index is 10.5. The van der Waals surface area contributed by atoms with Crippen LogP contribution in [0.4, 0.5) is 0 Å². The predicted molar refractivity (Wildman–Crippen MR) is 43.7 cm³/mol.